The van der Waals surface area contributed by atoms with Crippen molar-refractivity contribution >= 4 is 50.2 Å². The summed E-state index contributed by atoms with van der Waals surface area (Å²) in [6.45, 7) is 0. The smallest absolute Gasteiger partial charge is 0.345 e. The SMILES string of the molecule is O=C(O)c1cccs1.O=c1[nH]c(-c2cccs2)nc2sc3c(c12)CCCC3. The molecule has 0 saturated carbocycles. The minimum Gasteiger partial charge on any atom is -0.477 e. The van der Waals surface area contributed by atoms with Gasteiger partial charge in [0, 0.05) is 4.88 Å². The number of hydrogen-bond donors (Lipinski definition) is 2. The van der Waals surface area contributed by atoms with Crippen LogP contribution in [0.1, 0.15) is 33.0 Å². The van der Waals surface area contributed by atoms with Crippen molar-refractivity contribution in [2.75, 3.05) is 0 Å². The molecular weight excluding hydrogens is 400 g/mol. The van der Waals surface area contributed by atoms with E-state index in [2.05, 4.69) is 9.97 Å². The third kappa shape index (κ3) is 3.73. The number of nitrogens with zero attached hydrogens (tertiary/aromatic N) is 1. The lowest BCUT2D eigenvalue weighted by Gasteiger charge is -2.09. The summed E-state index contributed by atoms with van der Waals surface area (Å²) in [5.41, 5.74) is 1.27. The number of aryl methyl sites for hydroxylation is 2. The summed E-state index contributed by atoms with van der Waals surface area (Å²) in [6.07, 6.45) is 4.54. The standard InChI is InChI=1S/C14H12N2OS2.C5H4O2S/c17-13-11-8-4-1-2-5-9(8)19-14(11)16-12(15-13)10-6-3-7-18-10;6-5(7)4-2-1-3-8-4/h3,6-7H,1-2,4-5H2,(H,15,16,17);1-3H,(H,6,7). The Kier molecular flexibility index (Phi) is 5.20. The largest absolute Gasteiger partial charge is 0.477 e. The van der Waals surface area contributed by atoms with Crippen LogP contribution in [0.25, 0.3) is 20.9 Å². The Hall–Kier alpha value is -2.29. The van der Waals surface area contributed by atoms with E-state index < -0.39 is 5.97 Å². The number of hydrogen-bond acceptors (Lipinski definition) is 6. The van der Waals surface area contributed by atoms with Crippen molar-refractivity contribution in [1.29, 1.82) is 0 Å². The monoisotopic (exact) mass is 416 g/mol. The molecule has 2 N–H and O–H groups in total. The highest BCUT2D eigenvalue weighted by molar-refractivity contribution is 7.19. The number of nitrogens with one attached hydrogen (secondary N) is 1. The lowest BCUT2D eigenvalue weighted by atomic mass is 9.97. The molecule has 0 radical (unpaired) electrons. The molecular formula is C19H16N2O3S3. The molecule has 27 heavy (non-hydrogen) atoms. The Morgan fingerprint density at radius 2 is 1.89 bits per heavy atom. The van der Waals surface area contributed by atoms with Crippen LogP contribution in [-0.2, 0) is 12.8 Å². The first-order chi connectivity index (χ1) is 13.1. The molecule has 0 atom stereocenters. The molecule has 0 fully saturated rings. The first-order valence-electron chi connectivity index (χ1n) is 8.48. The number of H-pyrrole nitrogens is 1. The van der Waals surface area contributed by atoms with Gasteiger partial charge in [-0.1, -0.05) is 12.1 Å². The number of aromatic carboxylic acids is 1. The summed E-state index contributed by atoms with van der Waals surface area (Å²) in [5, 5.41) is 12.9. The molecule has 4 aromatic rings. The predicted octanol–water partition coefficient (Wildman–Crippen LogP) is 5.04. The van der Waals surface area contributed by atoms with E-state index in [4.69, 9.17) is 5.11 Å². The zero-order chi connectivity index (χ0) is 18.8. The van der Waals surface area contributed by atoms with Crippen LogP contribution < -0.4 is 5.56 Å². The number of carboxylic acid groups (broad SMARTS) is 1. The van der Waals surface area contributed by atoms with Gasteiger partial charge in [-0.05, 0) is 54.1 Å². The molecule has 0 amide bonds. The van der Waals surface area contributed by atoms with Crippen LogP contribution in [-0.4, -0.2) is 21.0 Å². The third-order valence-electron chi connectivity index (χ3n) is 4.31. The fourth-order valence-electron chi connectivity index (χ4n) is 3.09. The van der Waals surface area contributed by atoms with E-state index in [0.717, 1.165) is 27.9 Å². The van der Waals surface area contributed by atoms with Crippen molar-refractivity contribution in [3.05, 3.63) is 60.7 Å². The highest BCUT2D eigenvalue weighted by Crippen LogP contribution is 2.34. The van der Waals surface area contributed by atoms with Gasteiger partial charge in [0.2, 0.25) is 0 Å². The molecule has 1 aliphatic rings. The lowest BCUT2D eigenvalue weighted by Crippen LogP contribution is -2.10. The molecule has 0 saturated heterocycles. The van der Waals surface area contributed by atoms with Gasteiger partial charge >= 0.3 is 5.97 Å². The highest BCUT2D eigenvalue weighted by Gasteiger charge is 2.20. The molecule has 1 aliphatic carbocycles. The van der Waals surface area contributed by atoms with Gasteiger partial charge in [0.25, 0.3) is 5.56 Å². The molecule has 4 aromatic heterocycles. The van der Waals surface area contributed by atoms with Crippen molar-refractivity contribution in [3.8, 4) is 10.7 Å². The number of aromatic amines is 1. The van der Waals surface area contributed by atoms with Crippen molar-refractivity contribution < 1.29 is 9.90 Å². The number of carbonyl (C=O) groups is 1. The average Bonchev–Trinajstić information content (AvgIpc) is 3.41. The van der Waals surface area contributed by atoms with Crippen LogP contribution >= 0.6 is 34.0 Å². The molecule has 5 rings (SSSR count). The van der Waals surface area contributed by atoms with Crippen molar-refractivity contribution in [1.82, 2.24) is 9.97 Å². The molecule has 4 heterocycles. The van der Waals surface area contributed by atoms with Gasteiger partial charge in [0.05, 0.1) is 10.3 Å². The molecule has 0 unspecified atom stereocenters. The molecule has 138 valence electrons. The van der Waals surface area contributed by atoms with Crippen molar-refractivity contribution in [2.45, 2.75) is 25.7 Å². The quantitative estimate of drug-likeness (QED) is 0.480. The molecule has 5 nitrogen and oxygen atoms in total. The van der Waals surface area contributed by atoms with Gasteiger partial charge in [-0.3, -0.25) is 4.79 Å². The van der Waals surface area contributed by atoms with Crippen LogP contribution in [0.2, 0.25) is 0 Å². The minimum absolute atomic E-state index is 0.0211. The Bertz CT molecular complexity index is 1130. The minimum atomic E-state index is -0.847. The van der Waals surface area contributed by atoms with Gasteiger partial charge in [0.1, 0.15) is 9.71 Å². The van der Waals surface area contributed by atoms with Gasteiger partial charge < -0.3 is 10.1 Å². The third-order valence-corrected chi connectivity index (χ3v) is 7.23. The Morgan fingerprint density at radius 3 is 2.56 bits per heavy atom. The van der Waals surface area contributed by atoms with E-state index in [1.807, 2.05) is 17.5 Å². The molecule has 0 spiro atoms. The van der Waals surface area contributed by atoms with Crippen molar-refractivity contribution in [3.63, 3.8) is 0 Å². The lowest BCUT2D eigenvalue weighted by molar-refractivity contribution is 0.0702. The Balaban J connectivity index is 0.000000190. The highest BCUT2D eigenvalue weighted by atomic mass is 32.1. The normalized spacial score (nSPS) is 13.0. The van der Waals surface area contributed by atoms with E-state index in [1.165, 1.54) is 34.6 Å². The van der Waals surface area contributed by atoms with Crippen LogP contribution in [0.3, 0.4) is 0 Å². The summed E-state index contributed by atoms with van der Waals surface area (Å²) >= 11 is 4.53. The van der Waals surface area contributed by atoms with E-state index in [9.17, 15) is 9.59 Å². The Labute approximate surface area is 167 Å². The number of aromatic nitrogens is 2. The maximum atomic E-state index is 12.3. The summed E-state index contributed by atoms with van der Waals surface area (Å²) in [5.74, 6) is -0.147. The Morgan fingerprint density at radius 1 is 1.11 bits per heavy atom. The average molecular weight is 417 g/mol. The number of rotatable bonds is 2. The maximum absolute atomic E-state index is 12.3. The molecule has 0 aliphatic heterocycles. The van der Waals surface area contributed by atoms with E-state index >= 15 is 0 Å². The fraction of sp³-hybridized carbons (Fsp3) is 0.211. The van der Waals surface area contributed by atoms with Crippen LogP contribution in [0.15, 0.2) is 39.8 Å². The zero-order valence-corrected chi connectivity index (χ0v) is 16.7. The van der Waals surface area contributed by atoms with E-state index in [0.29, 0.717) is 10.7 Å². The second-order valence-electron chi connectivity index (χ2n) is 6.07. The van der Waals surface area contributed by atoms with Gasteiger partial charge in [0.15, 0.2) is 5.82 Å². The molecule has 0 bridgehead atoms. The van der Waals surface area contributed by atoms with E-state index in [-0.39, 0.29) is 5.56 Å². The number of thiophene rings is 3. The summed E-state index contributed by atoms with van der Waals surface area (Å²) in [7, 11) is 0. The maximum Gasteiger partial charge on any atom is 0.345 e. The molecule has 8 heteroatoms. The second kappa shape index (κ2) is 7.75. The topological polar surface area (TPSA) is 83.0 Å². The van der Waals surface area contributed by atoms with Gasteiger partial charge in [-0.2, -0.15) is 0 Å². The fourth-order valence-corrected chi connectivity index (χ4v) is 5.59. The van der Waals surface area contributed by atoms with Gasteiger partial charge in [-0.25, -0.2) is 9.78 Å². The number of fused-ring (bicyclic) bond motifs is 3. The predicted molar refractivity (Wildman–Crippen MR) is 111 cm³/mol. The first-order valence-corrected chi connectivity index (χ1v) is 11.1. The summed E-state index contributed by atoms with van der Waals surface area (Å²) in [4.78, 5) is 33.7. The van der Waals surface area contributed by atoms with E-state index in [1.54, 1.807) is 40.2 Å². The van der Waals surface area contributed by atoms with Crippen molar-refractivity contribution in [2.24, 2.45) is 0 Å². The van der Waals surface area contributed by atoms with Crippen LogP contribution in [0, 0.1) is 0 Å². The zero-order valence-electron chi connectivity index (χ0n) is 14.2. The molecule has 0 aromatic carbocycles. The van der Waals surface area contributed by atoms with Crippen LogP contribution in [0.4, 0.5) is 0 Å². The number of carboxylic acids is 1. The summed E-state index contributed by atoms with van der Waals surface area (Å²) in [6, 6.07) is 7.26. The summed E-state index contributed by atoms with van der Waals surface area (Å²) < 4.78 is 0. The second-order valence-corrected chi connectivity index (χ2v) is 9.04. The van der Waals surface area contributed by atoms with Gasteiger partial charge in [-0.15, -0.1) is 34.0 Å². The van der Waals surface area contributed by atoms with Crippen LogP contribution in [0.5, 0.6) is 0 Å². The first kappa shape index (κ1) is 18.1.